The Labute approximate surface area is 78.5 Å². The van der Waals surface area contributed by atoms with Gasteiger partial charge in [-0.25, -0.2) is 10.8 Å². The highest BCUT2D eigenvalue weighted by Crippen LogP contribution is 2.16. The Morgan fingerprint density at radius 1 is 1.92 bits per heavy atom. The highest BCUT2D eigenvalue weighted by atomic mass is 32.2. The topological polar surface area (TPSA) is 68.0 Å². The number of rotatable bonds is 3. The largest absolute Gasteiger partial charge is 0.289 e. The van der Waals surface area contributed by atoms with Crippen LogP contribution in [0, 0.1) is 0 Å². The predicted molar refractivity (Wildman–Crippen MR) is 51.0 cm³/mol. The minimum absolute atomic E-state index is 0.278. The quantitative estimate of drug-likeness (QED) is 0.429. The van der Waals surface area contributed by atoms with Crippen molar-refractivity contribution in [3.05, 3.63) is 16.1 Å². The Balaban J connectivity index is 2.70. The third kappa shape index (κ3) is 2.20. The van der Waals surface area contributed by atoms with E-state index in [-0.39, 0.29) is 5.91 Å². The first-order valence-corrected chi connectivity index (χ1v) is 5.43. The van der Waals surface area contributed by atoms with Gasteiger partial charge in [-0.3, -0.25) is 10.2 Å². The summed E-state index contributed by atoms with van der Waals surface area (Å²) in [5.41, 5.74) is 2.06. The first-order valence-electron chi connectivity index (χ1n) is 3.22. The van der Waals surface area contributed by atoms with Crippen molar-refractivity contribution in [3.63, 3.8) is 0 Å². The van der Waals surface area contributed by atoms with E-state index in [1.54, 1.807) is 18.0 Å². The van der Waals surface area contributed by atoms with Gasteiger partial charge < -0.3 is 0 Å². The number of thioether (sulfide) groups is 1. The van der Waals surface area contributed by atoms with Gasteiger partial charge in [-0.2, -0.15) is 11.8 Å². The molecule has 6 heteroatoms. The van der Waals surface area contributed by atoms with E-state index >= 15 is 0 Å². The van der Waals surface area contributed by atoms with E-state index in [0.29, 0.717) is 4.88 Å². The summed E-state index contributed by atoms with van der Waals surface area (Å²) in [5, 5.41) is 0.945. The molecule has 66 valence electrons. The fourth-order valence-corrected chi connectivity index (χ4v) is 2.20. The maximum Gasteiger partial charge on any atom is 0.276 e. The van der Waals surface area contributed by atoms with Crippen LogP contribution in [-0.4, -0.2) is 17.1 Å². The number of hydrogen-bond acceptors (Lipinski definition) is 5. The highest BCUT2D eigenvalue weighted by molar-refractivity contribution is 7.97. The number of carbonyl (C=O) groups excluding carboxylic acids is 1. The van der Waals surface area contributed by atoms with Crippen molar-refractivity contribution in [2.45, 2.75) is 5.75 Å². The fourth-order valence-electron chi connectivity index (χ4n) is 0.677. The molecule has 1 heterocycles. The van der Waals surface area contributed by atoms with Crippen LogP contribution in [0.5, 0.6) is 0 Å². The Morgan fingerprint density at radius 3 is 3.25 bits per heavy atom. The van der Waals surface area contributed by atoms with Crippen molar-refractivity contribution in [3.8, 4) is 0 Å². The molecule has 3 N–H and O–H groups in total. The molecule has 0 aliphatic carbocycles. The fraction of sp³-hybridized carbons (Fsp3) is 0.333. The standard InChI is InChI=1S/C6H9N3OS2/c1-11-3-5-8-2-4(12-5)6(10)9-7/h2H,3,7H2,1H3,(H,9,10). The molecule has 0 saturated heterocycles. The minimum Gasteiger partial charge on any atom is -0.289 e. The second kappa shape index (κ2) is 4.44. The van der Waals surface area contributed by atoms with Crippen molar-refractivity contribution in [2.24, 2.45) is 5.84 Å². The number of thiazole rings is 1. The number of amides is 1. The van der Waals surface area contributed by atoms with Gasteiger partial charge in [-0.15, -0.1) is 11.3 Å². The smallest absolute Gasteiger partial charge is 0.276 e. The Bertz CT molecular complexity index is 274. The molecule has 0 radical (unpaired) electrons. The molecule has 0 bridgehead atoms. The molecule has 0 aliphatic heterocycles. The Kier molecular flexibility index (Phi) is 3.51. The minimum atomic E-state index is -0.278. The molecule has 0 saturated carbocycles. The average Bonchev–Trinajstić information content (AvgIpc) is 2.52. The van der Waals surface area contributed by atoms with Crippen LogP contribution < -0.4 is 11.3 Å². The van der Waals surface area contributed by atoms with Gasteiger partial charge in [0.25, 0.3) is 5.91 Å². The van der Waals surface area contributed by atoms with Crippen molar-refractivity contribution in [1.29, 1.82) is 0 Å². The van der Waals surface area contributed by atoms with Crippen molar-refractivity contribution in [2.75, 3.05) is 6.26 Å². The van der Waals surface area contributed by atoms with E-state index in [1.807, 2.05) is 6.26 Å². The Morgan fingerprint density at radius 2 is 2.67 bits per heavy atom. The van der Waals surface area contributed by atoms with Crippen LogP contribution in [0.15, 0.2) is 6.20 Å². The lowest BCUT2D eigenvalue weighted by atomic mass is 10.5. The molecule has 4 nitrogen and oxygen atoms in total. The molecule has 1 amide bonds. The molecule has 0 spiro atoms. The van der Waals surface area contributed by atoms with Crippen molar-refractivity contribution >= 4 is 29.0 Å². The normalized spacial score (nSPS) is 9.83. The zero-order valence-corrected chi connectivity index (χ0v) is 8.17. The van der Waals surface area contributed by atoms with Gasteiger partial charge in [-0.05, 0) is 6.26 Å². The van der Waals surface area contributed by atoms with E-state index < -0.39 is 0 Å². The lowest BCUT2D eigenvalue weighted by Crippen LogP contribution is -2.29. The zero-order chi connectivity index (χ0) is 8.97. The maximum atomic E-state index is 11.0. The molecule has 12 heavy (non-hydrogen) atoms. The van der Waals surface area contributed by atoms with Crippen LogP contribution in [0.3, 0.4) is 0 Å². The second-order valence-corrected chi connectivity index (χ2v) is 4.01. The van der Waals surface area contributed by atoms with Gasteiger partial charge in [0.05, 0.1) is 6.20 Å². The summed E-state index contributed by atoms with van der Waals surface area (Å²) in [6, 6.07) is 0. The van der Waals surface area contributed by atoms with Crippen LogP contribution in [0.4, 0.5) is 0 Å². The molecule has 0 fully saturated rings. The van der Waals surface area contributed by atoms with E-state index in [2.05, 4.69) is 10.4 Å². The number of nitrogens with two attached hydrogens (primary N) is 1. The third-order valence-electron chi connectivity index (χ3n) is 1.18. The summed E-state index contributed by atoms with van der Waals surface area (Å²) in [7, 11) is 0. The molecule has 1 aromatic heterocycles. The molecule has 0 aliphatic rings. The van der Waals surface area contributed by atoms with Crippen LogP contribution in [-0.2, 0) is 5.75 Å². The van der Waals surface area contributed by atoms with E-state index in [9.17, 15) is 4.79 Å². The molecule has 0 aromatic carbocycles. The van der Waals surface area contributed by atoms with Crippen molar-refractivity contribution < 1.29 is 4.79 Å². The average molecular weight is 203 g/mol. The van der Waals surface area contributed by atoms with Gasteiger partial charge in [0.2, 0.25) is 0 Å². The van der Waals surface area contributed by atoms with Crippen LogP contribution in [0.2, 0.25) is 0 Å². The maximum absolute atomic E-state index is 11.0. The first kappa shape index (κ1) is 9.50. The van der Waals surface area contributed by atoms with E-state index in [1.165, 1.54) is 11.3 Å². The van der Waals surface area contributed by atoms with Crippen LogP contribution >= 0.6 is 23.1 Å². The van der Waals surface area contributed by atoms with Gasteiger partial charge in [0, 0.05) is 5.75 Å². The van der Waals surface area contributed by atoms with Gasteiger partial charge in [0.15, 0.2) is 0 Å². The number of nitrogens with one attached hydrogen (secondary N) is 1. The number of hydrogen-bond donors (Lipinski definition) is 2. The number of nitrogens with zero attached hydrogens (tertiary/aromatic N) is 1. The first-order chi connectivity index (χ1) is 5.77. The van der Waals surface area contributed by atoms with Crippen LogP contribution in [0.25, 0.3) is 0 Å². The van der Waals surface area contributed by atoms with Gasteiger partial charge >= 0.3 is 0 Å². The predicted octanol–water partition coefficient (Wildman–Crippen LogP) is 0.610. The van der Waals surface area contributed by atoms with Crippen LogP contribution in [0.1, 0.15) is 14.7 Å². The zero-order valence-electron chi connectivity index (χ0n) is 6.53. The van der Waals surface area contributed by atoms with E-state index in [4.69, 9.17) is 5.84 Å². The molecular formula is C6H9N3OS2. The number of aromatic nitrogens is 1. The number of nitrogen functional groups attached to an aromatic ring is 1. The summed E-state index contributed by atoms with van der Waals surface area (Å²) in [5.74, 6) is 5.52. The Hall–Kier alpha value is -0.590. The monoisotopic (exact) mass is 203 g/mol. The van der Waals surface area contributed by atoms with Gasteiger partial charge in [0.1, 0.15) is 9.88 Å². The molecule has 0 atom stereocenters. The van der Waals surface area contributed by atoms with E-state index in [0.717, 1.165) is 10.8 Å². The number of hydrazine groups is 1. The SMILES string of the molecule is CSCc1ncc(C(=O)NN)s1. The molecule has 0 unspecified atom stereocenters. The van der Waals surface area contributed by atoms with Gasteiger partial charge in [-0.1, -0.05) is 0 Å². The summed E-state index contributed by atoms with van der Waals surface area (Å²) in [4.78, 5) is 15.6. The summed E-state index contributed by atoms with van der Waals surface area (Å²) in [6.45, 7) is 0. The second-order valence-electron chi connectivity index (χ2n) is 2.02. The lowest BCUT2D eigenvalue weighted by molar-refractivity contribution is 0.0957. The third-order valence-corrected chi connectivity index (χ3v) is 2.92. The summed E-state index contributed by atoms with van der Waals surface area (Å²) < 4.78 is 0. The van der Waals surface area contributed by atoms with Crippen molar-refractivity contribution in [1.82, 2.24) is 10.4 Å². The summed E-state index contributed by atoms with van der Waals surface area (Å²) in [6.07, 6.45) is 3.53. The lowest BCUT2D eigenvalue weighted by Gasteiger charge is -1.91. The molecule has 1 aromatic rings. The molecule has 1 rings (SSSR count). The summed E-state index contributed by atoms with van der Waals surface area (Å²) >= 11 is 3.04. The number of carbonyl (C=O) groups is 1. The highest BCUT2D eigenvalue weighted by Gasteiger charge is 2.07. The molecular weight excluding hydrogens is 194 g/mol.